The molecule has 0 atom stereocenters. The van der Waals surface area contributed by atoms with Crippen LogP contribution in [-0.2, 0) is 14.3 Å². The molecule has 1 fully saturated rings. The highest BCUT2D eigenvalue weighted by Gasteiger charge is 2.36. The van der Waals surface area contributed by atoms with Crippen LogP contribution in [0.25, 0.3) is 0 Å². The number of hydrogen-bond donors (Lipinski definition) is 2. The zero-order valence-electron chi connectivity index (χ0n) is 12.1. The minimum atomic E-state index is -0.878. The first-order valence-electron chi connectivity index (χ1n) is 6.93. The van der Waals surface area contributed by atoms with E-state index >= 15 is 0 Å². The van der Waals surface area contributed by atoms with Crippen LogP contribution in [0.15, 0.2) is 0 Å². The Kier molecular flexibility index (Phi) is 5.79. The maximum Gasteiger partial charge on any atom is 0.308 e. The van der Waals surface area contributed by atoms with Crippen LogP contribution in [0.2, 0.25) is 0 Å². The molecule has 0 aromatic heterocycles. The summed E-state index contributed by atoms with van der Waals surface area (Å²) in [6.07, 6.45) is 2.75. The number of aliphatic hydroxyl groups is 1. The van der Waals surface area contributed by atoms with Gasteiger partial charge in [0, 0.05) is 13.0 Å². The molecule has 0 aliphatic heterocycles. The van der Waals surface area contributed by atoms with Crippen molar-refractivity contribution in [2.75, 3.05) is 13.7 Å². The molecule has 19 heavy (non-hydrogen) atoms. The highest BCUT2D eigenvalue weighted by atomic mass is 16.5. The first kappa shape index (κ1) is 16.0. The molecule has 1 saturated carbocycles. The monoisotopic (exact) mass is 271 g/mol. The van der Waals surface area contributed by atoms with Crippen molar-refractivity contribution >= 4 is 11.9 Å². The molecule has 0 heterocycles. The van der Waals surface area contributed by atoms with E-state index in [1.54, 1.807) is 0 Å². The Morgan fingerprint density at radius 3 is 2.42 bits per heavy atom. The Morgan fingerprint density at radius 1 is 1.37 bits per heavy atom. The van der Waals surface area contributed by atoms with Gasteiger partial charge in [-0.05, 0) is 31.6 Å². The molecule has 0 saturated heterocycles. The number of carbonyl (C=O) groups is 2. The number of nitrogens with one attached hydrogen (secondary N) is 1. The van der Waals surface area contributed by atoms with Gasteiger partial charge in [-0.2, -0.15) is 0 Å². The predicted octanol–water partition coefficient (Wildman–Crippen LogP) is 1.24. The van der Waals surface area contributed by atoms with E-state index < -0.39 is 5.60 Å². The topological polar surface area (TPSA) is 75.6 Å². The number of amides is 1. The number of ether oxygens (including phenoxy) is 1. The Hall–Kier alpha value is -1.10. The van der Waals surface area contributed by atoms with Gasteiger partial charge in [-0.15, -0.1) is 0 Å². The molecule has 1 aliphatic carbocycles. The van der Waals surface area contributed by atoms with E-state index in [1.807, 2.05) is 13.8 Å². The molecular formula is C14H25NO4. The number of esters is 1. The number of methoxy groups -OCH3 is 1. The Labute approximate surface area is 114 Å². The van der Waals surface area contributed by atoms with Gasteiger partial charge in [0.1, 0.15) is 0 Å². The van der Waals surface area contributed by atoms with Crippen molar-refractivity contribution in [3.63, 3.8) is 0 Å². The molecule has 5 heteroatoms. The van der Waals surface area contributed by atoms with Gasteiger partial charge in [0.2, 0.25) is 5.91 Å². The van der Waals surface area contributed by atoms with Crippen LogP contribution in [0.3, 0.4) is 0 Å². The molecular weight excluding hydrogens is 246 g/mol. The smallest absolute Gasteiger partial charge is 0.308 e. The zero-order chi connectivity index (χ0) is 14.5. The molecule has 2 N–H and O–H groups in total. The van der Waals surface area contributed by atoms with Crippen LogP contribution in [-0.4, -0.2) is 36.2 Å². The van der Waals surface area contributed by atoms with Gasteiger partial charge < -0.3 is 15.2 Å². The van der Waals surface area contributed by atoms with Gasteiger partial charge in [-0.3, -0.25) is 9.59 Å². The molecule has 0 spiro atoms. The summed E-state index contributed by atoms with van der Waals surface area (Å²) in [7, 11) is 1.38. The lowest BCUT2D eigenvalue weighted by atomic mass is 9.78. The minimum absolute atomic E-state index is 0.0292. The van der Waals surface area contributed by atoms with Gasteiger partial charge in [0.25, 0.3) is 0 Å². The lowest BCUT2D eigenvalue weighted by Gasteiger charge is -2.35. The number of rotatable bonds is 5. The summed E-state index contributed by atoms with van der Waals surface area (Å²) < 4.78 is 4.71. The van der Waals surface area contributed by atoms with Gasteiger partial charge >= 0.3 is 5.97 Å². The second-order valence-electron chi connectivity index (χ2n) is 5.90. The summed E-state index contributed by atoms with van der Waals surface area (Å²) in [6, 6.07) is 0. The highest BCUT2D eigenvalue weighted by molar-refractivity contribution is 5.76. The Morgan fingerprint density at radius 2 is 1.95 bits per heavy atom. The van der Waals surface area contributed by atoms with E-state index in [4.69, 9.17) is 4.74 Å². The van der Waals surface area contributed by atoms with Crippen molar-refractivity contribution < 1.29 is 19.4 Å². The van der Waals surface area contributed by atoms with E-state index in [0.717, 1.165) is 0 Å². The second-order valence-corrected chi connectivity index (χ2v) is 5.90. The van der Waals surface area contributed by atoms with Gasteiger partial charge in [-0.25, -0.2) is 0 Å². The molecule has 110 valence electrons. The maximum atomic E-state index is 11.6. The van der Waals surface area contributed by atoms with Crippen LogP contribution in [0.5, 0.6) is 0 Å². The van der Waals surface area contributed by atoms with Crippen LogP contribution in [0.1, 0.15) is 46.0 Å². The fourth-order valence-corrected chi connectivity index (χ4v) is 2.44. The fraction of sp³-hybridized carbons (Fsp3) is 0.857. The molecule has 0 aromatic rings. The summed E-state index contributed by atoms with van der Waals surface area (Å²) in [5.41, 5.74) is -0.878. The number of carbonyl (C=O) groups excluding carboxylic acids is 2. The average Bonchev–Trinajstić information content (AvgIpc) is 2.36. The van der Waals surface area contributed by atoms with Crippen molar-refractivity contribution in [1.29, 1.82) is 0 Å². The minimum Gasteiger partial charge on any atom is -0.469 e. The summed E-state index contributed by atoms with van der Waals surface area (Å²) in [5.74, 6) is -0.0363. The van der Waals surface area contributed by atoms with Gasteiger partial charge in [-0.1, -0.05) is 13.8 Å². The summed E-state index contributed by atoms with van der Waals surface area (Å²) in [4.78, 5) is 23.0. The van der Waals surface area contributed by atoms with Crippen molar-refractivity contribution in [1.82, 2.24) is 5.32 Å². The summed E-state index contributed by atoms with van der Waals surface area (Å²) in [6.45, 7) is 4.23. The van der Waals surface area contributed by atoms with Crippen LogP contribution < -0.4 is 5.32 Å². The zero-order valence-corrected chi connectivity index (χ0v) is 12.1. The first-order chi connectivity index (χ1) is 8.86. The van der Waals surface area contributed by atoms with E-state index in [-0.39, 0.29) is 24.3 Å². The third kappa shape index (κ3) is 5.19. The molecule has 0 aromatic carbocycles. The predicted molar refractivity (Wildman–Crippen MR) is 71.4 cm³/mol. The van der Waals surface area contributed by atoms with Gasteiger partial charge in [0.15, 0.2) is 0 Å². The molecule has 1 aliphatic rings. The summed E-state index contributed by atoms with van der Waals surface area (Å²) in [5, 5.41) is 13.1. The van der Waals surface area contributed by atoms with E-state index in [1.165, 1.54) is 7.11 Å². The fourth-order valence-electron chi connectivity index (χ4n) is 2.44. The molecule has 5 nitrogen and oxygen atoms in total. The van der Waals surface area contributed by atoms with Crippen molar-refractivity contribution in [2.45, 2.75) is 51.6 Å². The maximum absolute atomic E-state index is 11.6. The van der Waals surface area contributed by atoms with Gasteiger partial charge in [0.05, 0.1) is 18.6 Å². The van der Waals surface area contributed by atoms with Crippen LogP contribution in [0.4, 0.5) is 0 Å². The standard InChI is InChI=1S/C14H25NO4/c1-10(2)8-12(16)15-9-14(18)6-4-11(5-7-14)13(17)19-3/h10-11,18H,4-9H2,1-3H3,(H,15,16). The Balaban J connectivity index is 2.35. The van der Waals surface area contributed by atoms with E-state index in [9.17, 15) is 14.7 Å². The normalized spacial score (nSPS) is 27.1. The van der Waals surface area contributed by atoms with Crippen molar-refractivity contribution in [2.24, 2.45) is 11.8 Å². The average molecular weight is 271 g/mol. The largest absolute Gasteiger partial charge is 0.469 e. The highest BCUT2D eigenvalue weighted by Crippen LogP contribution is 2.32. The van der Waals surface area contributed by atoms with Crippen LogP contribution in [0, 0.1) is 11.8 Å². The Bertz CT molecular complexity index is 319. The lowest BCUT2D eigenvalue weighted by molar-refractivity contribution is -0.148. The third-order valence-corrected chi connectivity index (χ3v) is 3.66. The molecule has 1 amide bonds. The van der Waals surface area contributed by atoms with Crippen molar-refractivity contribution in [3.05, 3.63) is 0 Å². The molecule has 0 bridgehead atoms. The number of hydrogen-bond acceptors (Lipinski definition) is 4. The van der Waals surface area contributed by atoms with Crippen molar-refractivity contribution in [3.8, 4) is 0 Å². The summed E-state index contributed by atoms with van der Waals surface area (Å²) >= 11 is 0. The quantitative estimate of drug-likeness (QED) is 0.738. The first-order valence-corrected chi connectivity index (χ1v) is 6.93. The molecule has 0 unspecified atom stereocenters. The molecule has 0 radical (unpaired) electrons. The van der Waals surface area contributed by atoms with Crippen LogP contribution >= 0.6 is 0 Å². The lowest BCUT2D eigenvalue weighted by Crippen LogP contribution is -2.46. The SMILES string of the molecule is COC(=O)C1CCC(O)(CNC(=O)CC(C)C)CC1. The second kappa shape index (κ2) is 6.89. The van der Waals surface area contributed by atoms with E-state index in [2.05, 4.69) is 5.32 Å². The van der Waals surface area contributed by atoms with E-state index in [0.29, 0.717) is 38.0 Å². The third-order valence-electron chi connectivity index (χ3n) is 3.66. The molecule has 1 rings (SSSR count).